The predicted molar refractivity (Wildman–Crippen MR) is 260 cm³/mol. The Morgan fingerprint density at radius 2 is 0.857 bits per heavy atom. The Hall–Kier alpha value is -8.54. The van der Waals surface area contributed by atoms with E-state index in [1.54, 1.807) is 0 Å². The maximum absolute atomic E-state index is 5.39. The van der Waals surface area contributed by atoms with Crippen LogP contribution >= 0.6 is 0 Å². The van der Waals surface area contributed by atoms with Gasteiger partial charge >= 0.3 is 0 Å². The first kappa shape index (κ1) is 36.3. The summed E-state index contributed by atoms with van der Waals surface area (Å²) in [6.45, 7) is 0. The number of benzene rings is 7. The molecule has 0 bridgehead atoms. The molecule has 0 atom stereocenters. The normalized spacial score (nSPS) is 11.5. The van der Waals surface area contributed by atoms with Gasteiger partial charge in [0.25, 0.3) is 0 Å². The van der Waals surface area contributed by atoms with E-state index in [4.69, 9.17) is 9.97 Å². The smallest absolute Gasteiger partial charge is 0.0809 e. The molecule has 0 radical (unpaired) electrons. The van der Waals surface area contributed by atoms with Gasteiger partial charge in [0, 0.05) is 68.7 Å². The van der Waals surface area contributed by atoms with Gasteiger partial charge in [-0.3, -0.25) is 9.97 Å². The summed E-state index contributed by atoms with van der Waals surface area (Å²) in [4.78, 5) is 19.1. The highest BCUT2D eigenvalue weighted by atomic mass is 15.0. The quantitative estimate of drug-likeness (QED) is 0.151. The fourth-order valence-corrected chi connectivity index (χ4v) is 9.14. The third-order valence-corrected chi connectivity index (χ3v) is 12.2. The van der Waals surface area contributed by atoms with Gasteiger partial charge in [0.15, 0.2) is 0 Å². The molecule has 5 aromatic heterocycles. The number of rotatable bonds is 7. The van der Waals surface area contributed by atoms with Gasteiger partial charge in [-0.25, -0.2) is 9.97 Å². The number of aromatic nitrogens is 5. The van der Waals surface area contributed by atoms with Crippen LogP contribution < -0.4 is 0 Å². The Labute approximate surface area is 364 Å². The van der Waals surface area contributed by atoms with Crippen molar-refractivity contribution < 1.29 is 0 Å². The minimum Gasteiger partial charge on any atom is -0.309 e. The van der Waals surface area contributed by atoms with E-state index in [-0.39, 0.29) is 0 Å². The molecule has 12 aromatic rings. The molecule has 0 unspecified atom stereocenters. The number of nitrogens with zero attached hydrogens (tertiary/aromatic N) is 5. The topological polar surface area (TPSA) is 56.5 Å². The molecular formula is C58H37N5. The van der Waals surface area contributed by atoms with Crippen molar-refractivity contribution in [3.8, 4) is 72.8 Å². The van der Waals surface area contributed by atoms with Crippen LogP contribution in [-0.4, -0.2) is 24.5 Å². The minimum atomic E-state index is 0.903. The van der Waals surface area contributed by atoms with Crippen LogP contribution in [0.1, 0.15) is 0 Å². The monoisotopic (exact) mass is 803 g/mol. The van der Waals surface area contributed by atoms with Crippen molar-refractivity contribution in [2.75, 3.05) is 0 Å². The molecule has 0 aliphatic heterocycles. The summed E-state index contributed by atoms with van der Waals surface area (Å²) in [5, 5.41) is 5.85. The van der Waals surface area contributed by atoms with Crippen molar-refractivity contribution in [1.82, 2.24) is 24.5 Å². The molecule has 5 nitrogen and oxygen atoms in total. The molecule has 0 fully saturated rings. The van der Waals surface area contributed by atoms with Crippen LogP contribution in [0.4, 0.5) is 0 Å². The zero-order chi connectivity index (χ0) is 41.7. The molecule has 0 N–H and O–H groups in total. The van der Waals surface area contributed by atoms with Crippen LogP contribution in [0.25, 0.3) is 116 Å². The van der Waals surface area contributed by atoms with Crippen LogP contribution in [0.15, 0.2) is 225 Å². The zero-order valence-electron chi connectivity index (χ0n) is 34.1. The highest BCUT2D eigenvalue weighted by Gasteiger charge is 2.21. The SMILES string of the molecule is c1ccc(-c2nc3ccccc3c3ccc4c5ccccc5n(-c5cccc(-c6cc(-c7ccc(-c8ccncc8)cc7)nc(-c7ccc(-c8ccncc8)cc7)c6)c5)c4c23)cc1. The van der Waals surface area contributed by atoms with Crippen LogP contribution in [0.2, 0.25) is 0 Å². The molecule has 7 aromatic carbocycles. The molecule has 5 heterocycles. The minimum absolute atomic E-state index is 0.903. The van der Waals surface area contributed by atoms with E-state index in [9.17, 15) is 0 Å². The lowest BCUT2D eigenvalue weighted by atomic mass is 9.97. The Morgan fingerprint density at radius 1 is 0.317 bits per heavy atom. The van der Waals surface area contributed by atoms with Gasteiger partial charge in [0.2, 0.25) is 0 Å². The fraction of sp³-hybridized carbons (Fsp3) is 0. The Kier molecular flexibility index (Phi) is 8.75. The fourth-order valence-electron chi connectivity index (χ4n) is 9.14. The van der Waals surface area contributed by atoms with Crippen LogP contribution in [-0.2, 0) is 0 Å². The molecule has 0 saturated heterocycles. The van der Waals surface area contributed by atoms with Crippen molar-refractivity contribution in [2.24, 2.45) is 0 Å². The standard InChI is InChI=1S/C58H37N5/c1-2-9-44(10-3-1)57-56-50(48-13-4-6-15-52(48)62-57)25-26-51-49-14-5-7-16-55(49)63(58(51)56)47-12-8-11-45(35-47)46-36-53(42-21-17-38(18-22-42)40-27-31-59-32-28-40)61-54(37-46)43-23-19-39(20-24-43)41-29-33-60-34-30-41/h1-37H. The molecule has 0 saturated carbocycles. The Balaban J connectivity index is 1.06. The second-order valence-electron chi connectivity index (χ2n) is 15.9. The van der Waals surface area contributed by atoms with Crippen molar-refractivity contribution in [1.29, 1.82) is 0 Å². The van der Waals surface area contributed by atoms with Crippen molar-refractivity contribution >= 4 is 43.5 Å². The van der Waals surface area contributed by atoms with Crippen molar-refractivity contribution in [3.05, 3.63) is 225 Å². The van der Waals surface area contributed by atoms with Crippen molar-refractivity contribution in [3.63, 3.8) is 0 Å². The Bertz CT molecular complexity index is 3540. The lowest BCUT2D eigenvalue weighted by Crippen LogP contribution is -1.98. The van der Waals surface area contributed by atoms with Crippen LogP contribution in [0, 0.1) is 0 Å². The van der Waals surface area contributed by atoms with Gasteiger partial charge in [-0.1, -0.05) is 140 Å². The average Bonchev–Trinajstić information content (AvgIpc) is 3.71. The number of pyridine rings is 4. The second kappa shape index (κ2) is 15.2. The third-order valence-electron chi connectivity index (χ3n) is 12.2. The summed E-state index contributed by atoms with van der Waals surface area (Å²) in [5.41, 5.74) is 17.0. The van der Waals surface area contributed by atoms with Gasteiger partial charge in [-0.15, -0.1) is 0 Å². The number of fused-ring (bicyclic) bond motifs is 7. The van der Waals surface area contributed by atoms with Crippen molar-refractivity contribution in [2.45, 2.75) is 0 Å². The number of para-hydroxylation sites is 2. The van der Waals surface area contributed by atoms with E-state index < -0.39 is 0 Å². The molecule has 5 heteroatoms. The highest BCUT2D eigenvalue weighted by molar-refractivity contribution is 6.25. The highest BCUT2D eigenvalue weighted by Crippen LogP contribution is 2.43. The maximum atomic E-state index is 5.39. The van der Waals surface area contributed by atoms with E-state index >= 15 is 0 Å². The van der Waals surface area contributed by atoms with Crippen LogP contribution in [0.5, 0.6) is 0 Å². The van der Waals surface area contributed by atoms with E-state index in [0.717, 1.165) is 100 Å². The lowest BCUT2D eigenvalue weighted by Gasteiger charge is -2.16. The maximum Gasteiger partial charge on any atom is 0.0809 e. The van der Waals surface area contributed by atoms with Gasteiger partial charge < -0.3 is 4.57 Å². The van der Waals surface area contributed by atoms with E-state index in [0.29, 0.717) is 0 Å². The summed E-state index contributed by atoms with van der Waals surface area (Å²) in [6, 6.07) is 71.3. The Morgan fingerprint density at radius 3 is 1.52 bits per heavy atom. The molecule has 294 valence electrons. The summed E-state index contributed by atoms with van der Waals surface area (Å²) >= 11 is 0. The van der Waals surface area contributed by atoms with E-state index in [1.807, 2.05) is 49.1 Å². The average molecular weight is 804 g/mol. The molecule has 0 spiro atoms. The molecule has 0 aliphatic rings. The molecular weight excluding hydrogens is 767 g/mol. The number of hydrogen-bond donors (Lipinski definition) is 0. The molecule has 63 heavy (non-hydrogen) atoms. The second-order valence-corrected chi connectivity index (χ2v) is 15.9. The van der Waals surface area contributed by atoms with Crippen LogP contribution in [0.3, 0.4) is 0 Å². The van der Waals surface area contributed by atoms with E-state index in [1.165, 1.54) is 16.2 Å². The summed E-state index contributed by atoms with van der Waals surface area (Å²) in [5.74, 6) is 0. The summed E-state index contributed by atoms with van der Waals surface area (Å²) in [6.07, 6.45) is 7.32. The zero-order valence-corrected chi connectivity index (χ0v) is 34.1. The van der Waals surface area contributed by atoms with E-state index in [2.05, 4.69) is 190 Å². The number of hydrogen-bond acceptors (Lipinski definition) is 4. The van der Waals surface area contributed by atoms with Gasteiger partial charge in [-0.2, -0.15) is 0 Å². The predicted octanol–water partition coefficient (Wildman–Crippen LogP) is 14.7. The summed E-state index contributed by atoms with van der Waals surface area (Å²) in [7, 11) is 0. The molecule has 0 aliphatic carbocycles. The largest absolute Gasteiger partial charge is 0.309 e. The first-order valence-electron chi connectivity index (χ1n) is 21.2. The molecule has 12 rings (SSSR count). The van der Waals surface area contributed by atoms with Gasteiger partial charge in [0.1, 0.15) is 0 Å². The first-order chi connectivity index (χ1) is 31.2. The summed E-state index contributed by atoms with van der Waals surface area (Å²) < 4.78 is 2.44. The molecule has 0 amide bonds. The van der Waals surface area contributed by atoms with Gasteiger partial charge in [-0.05, 0) is 99.4 Å². The van der Waals surface area contributed by atoms with Gasteiger partial charge in [0.05, 0.1) is 33.6 Å². The third kappa shape index (κ3) is 6.42. The first-order valence-corrected chi connectivity index (χ1v) is 21.2. The lowest BCUT2D eigenvalue weighted by molar-refractivity contribution is 1.19.